The number of hydrogen-bond acceptors (Lipinski definition) is 10. The minimum absolute atomic E-state index is 0.00781. The molecule has 0 saturated carbocycles. The van der Waals surface area contributed by atoms with Crippen molar-refractivity contribution in [2.24, 2.45) is 10.9 Å². The van der Waals surface area contributed by atoms with E-state index in [1.807, 2.05) is 0 Å². The van der Waals surface area contributed by atoms with E-state index in [4.69, 9.17) is 10.9 Å². The molecular formula is C15H16N10O4S2. The highest BCUT2D eigenvalue weighted by molar-refractivity contribution is 7.92. The zero-order chi connectivity index (χ0) is 22.2. The van der Waals surface area contributed by atoms with Crippen molar-refractivity contribution in [1.82, 2.24) is 40.8 Å². The van der Waals surface area contributed by atoms with E-state index in [1.54, 1.807) is 18.2 Å². The van der Waals surface area contributed by atoms with Crippen LogP contribution >= 0.6 is 0 Å². The van der Waals surface area contributed by atoms with Crippen molar-refractivity contribution in [3.8, 4) is 22.5 Å². The number of nitrogens with two attached hydrogens (primary N) is 2. The number of rotatable bonds is 7. The Morgan fingerprint density at radius 1 is 1.00 bits per heavy atom. The normalized spacial score (nSPS) is 12.5. The van der Waals surface area contributed by atoms with Gasteiger partial charge in [0.25, 0.3) is 0 Å². The second kappa shape index (κ2) is 7.75. The summed E-state index contributed by atoms with van der Waals surface area (Å²) >= 11 is 0. The van der Waals surface area contributed by atoms with Gasteiger partial charge in [0.05, 0.1) is 11.1 Å². The molecule has 2 aromatic heterocycles. The van der Waals surface area contributed by atoms with E-state index in [0.29, 0.717) is 16.6 Å². The molecule has 7 N–H and O–H groups in total. The first-order chi connectivity index (χ1) is 14.7. The molecule has 0 amide bonds. The van der Waals surface area contributed by atoms with E-state index in [9.17, 15) is 16.8 Å². The lowest BCUT2D eigenvalue weighted by molar-refractivity contribution is 0.574. The zero-order valence-electron chi connectivity index (χ0n) is 15.6. The fraction of sp³-hybridized carbons (Fsp3) is 0.133. The molecule has 31 heavy (non-hydrogen) atoms. The Morgan fingerprint density at radius 2 is 1.81 bits per heavy atom. The highest BCUT2D eigenvalue weighted by Gasteiger charge is 2.32. The lowest BCUT2D eigenvalue weighted by Crippen LogP contribution is -2.31. The van der Waals surface area contributed by atoms with Gasteiger partial charge in [-0.05, 0) is 22.9 Å². The van der Waals surface area contributed by atoms with Crippen molar-refractivity contribution in [3.05, 3.63) is 30.3 Å². The van der Waals surface area contributed by atoms with Gasteiger partial charge < -0.3 is 5.73 Å². The Morgan fingerprint density at radius 3 is 2.48 bits per heavy atom. The number of aromatic amines is 2. The molecule has 4 rings (SSSR count). The topological polar surface area (TPSA) is 228 Å². The van der Waals surface area contributed by atoms with Crippen LogP contribution in [0.5, 0.6) is 0 Å². The van der Waals surface area contributed by atoms with E-state index >= 15 is 0 Å². The summed E-state index contributed by atoms with van der Waals surface area (Å²) < 4.78 is 53.1. The van der Waals surface area contributed by atoms with Crippen LogP contribution in [0.15, 0.2) is 40.1 Å². The van der Waals surface area contributed by atoms with Crippen molar-refractivity contribution in [2.75, 3.05) is 13.1 Å². The fourth-order valence-corrected chi connectivity index (χ4v) is 5.78. The third-order valence-corrected chi connectivity index (χ3v) is 6.97. The smallest absolute Gasteiger partial charge is 0.241 e. The van der Waals surface area contributed by atoms with Gasteiger partial charge in [-0.1, -0.05) is 23.4 Å². The van der Waals surface area contributed by atoms with Crippen LogP contribution in [-0.4, -0.2) is 66.0 Å². The van der Waals surface area contributed by atoms with Crippen LogP contribution in [0.25, 0.3) is 33.5 Å². The second-order valence-corrected chi connectivity index (χ2v) is 9.53. The molecule has 0 aliphatic heterocycles. The molecule has 0 bridgehead atoms. The predicted octanol–water partition coefficient (Wildman–Crippen LogP) is -1.31. The molecule has 4 aromatic rings. The summed E-state index contributed by atoms with van der Waals surface area (Å²) in [5.74, 6) is -0.171. The van der Waals surface area contributed by atoms with Gasteiger partial charge in [-0.15, -0.1) is 15.3 Å². The lowest BCUT2D eigenvalue weighted by Gasteiger charge is -2.16. The third-order valence-electron chi connectivity index (χ3n) is 4.35. The van der Waals surface area contributed by atoms with Crippen molar-refractivity contribution in [2.45, 2.75) is 9.79 Å². The van der Waals surface area contributed by atoms with Crippen molar-refractivity contribution < 1.29 is 16.8 Å². The maximum Gasteiger partial charge on any atom is 0.241 e. The molecule has 0 aliphatic carbocycles. The van der Waals surface area contributed by atoms with E-state index in [-0.39, 0.29) is 30.0 Å². The van der Waals surface area contributed by atoms with Gasteiger partial charge in [0, 0.05) is 18.7 Å². The van der Waals surface area contributed by atoms with Crippen LogP contribution in [0.2, 0.25) is 0 Å². The maximum atomic E-state index is 12.8. The minimum Gasteiger partial charge on any atom is -0.329 e. The highest BCUT2D eigenvalue weighted by Crippen LogP contribution is 2.40. The molecule has 2 aromatic carbocycles. The first-order valence-corrected chi connectivity index (χ1v) is 11.7. The van der Waals surface area contributed by atoms with Gasteiger partial charge in [0.1, 0.15) is 15.3 Å². The molecule has 0 spiro atoms. The number of hydrogen-bond donors (Lipinski definition) is 5. The summed E-state index contributed by atoms with van der Waals surface area (Å²) in [6.07, 6.45) is 0. The SMILES string of the molecule is NCCNS(=O)(=O)c1ccc(-c2cccc3[nH]nnc23)c(-c2nn[nH]n2)c1S(N)(=O)=O. The Kier molecular flexibility index (Phi) is 5.23. The summed E-state index contributed by atoms with van der Waals surface area (Å²) in [5, 5.41) is 29.4. The van der Waals surface area contributed by atoms with Gasteiger partial charge in [-0.3, -0.25) is 5.10 Å². The average Bonchev–Trinajstić information content (AvgIpc) is 3.42. The quantitative estimate of drug-likeness (QED) is 0.217. The maximum absolute atomic E-state index is 12.8. The molecular weight excluding hydrogens is 448 g/mol. The number of benzene rings is 2. The van der Waals surface area contributed by atoms with E-state index < -0.39 is 29.8 Å². The Balaban J connectivity index is 2.13. The summed E-state index contributed by atoms with van der Waals surface area (Å²) in [4.78, 5) is -1.25. The number of nitrogens with zero attached hydrogens (tertiary/aromatic N) is 5. The Bertz CT molecular complexity index is 1460. The standard InChI is InChI=1S/C15H16N10O4S2/c16-6-7-18-31(28,29)11-5-4-8(9-2-1-3-10-13(9)20-23-19-10)12(14(11)30(17,26)27)15-21-24-25-22-15/h1-5,18H,6-7,16H2,(H2,17,26,27)(H,19,20,23)(H,21,22,24,25). The van der Waals surface area contributed by atoms with Gasteiger partial charge in [-0.2, -0.15) is 5.21 Å². The van der Waals surface area contributed by atoms with Crippen LogP contribution in [0.4, 0.5) is 0 Å². The second-order valence-electron chi connectivity index (χ2n) is 6.30. The Labute approximate surface area is 175 Å². The van der Waals surface area contributed by atoms with Gasteiger partial charge >= 0.3 is 0 Å². The van der Waals surface area contributed by atoms with Gasteiger partial charge in [0.15, 0.2) is 0 Å². The molecule has 0 fully saturated rings. The van der Waals surface area contributed by atoms with Gasteiger partial charge in [-0.25, -0.2) is 26.7 Å². The fourth-order valence-electron chi connectivity index (χ4n) is 3.13. The molecule has 0 atom stereocenters. The number of H-pyrrole nitrogens is 2. The molecule has 16 heteroatoms. The van der Waals surface area contributed by atoms with E-state index in [0.717, 1.165) is 6.07 Å². The number of aromatic nitrogens is 7. The Hall–Kier alpha value is -3.31. The van der Waals surface area contributed by atoms with Crippen LogP contribution in [0.3, 0.4) is 0 Å². The van der Waals surface area contributed by atoms with E-state index in [2.05, 4.69) is 40.8 Å². The highest BCUT2D eigenvalue weighted by atomic mass is 32.2. The van der Waals surface area contributed by atoms with Crippen LogP contribution in [-0.2, 0) is 20.0 Å². The summed E-state index contributed by atoms with van der Waals surface area (Å²) in [6.45, 7) is -0.0994. The predicted molar refractivity (Wildman–Crippen MR) is 108 cm³/mol. The zero-order valence-corrected chi connectivity index (χ0v) is 17.3. The molecule has 0 aliphatic rings. The van der Waals surface area contributed by atoms with Crippen LogP contribution in [0.1, 0.15) is 0 Å². The molecule has 14 nitrogen and oxygen atoms in total. The van der Waals surface area contributed by atoms with E-state index in [1.165, 1.54) is 6.07 Å². The average molecular weight is 464 g/mol. The van der Waals surface area contributed by atoms with Crippen molar-refractivity contribution >= 4 is 31.1 Å². The van der Waals surface area contributed by atoms with Crippen molar-refractivity contribution in [3.63, 3.8) is 0 Å². The number of tetrazole rings is 1. The summed E-state index contributed by atoms with van der Waals surface area (Å²) in [7, 11) is -8.87. The number of sulfonamides is 2. The third kappa shape index (κ3) is 3.77. The number of nitrogens with one attached hydrogen (secondary N) is 3. The molecule has 162 valence electrons. The summed E-state index contributed by atoms with van der Waals surface area (Å²) in [6, 6.07) is 7.64. The van der Waals surface area contributed by atoms with Crippen molar-refractivity contribution in [1.29, 1.82) is 0 Å². The molecule has 0 saturated heterocycles. The first-order valence-electron chi connectivity index (χ1n) is 8.67. The number of primary sulfonamides is 1. The van der Waals surface area contributed by atoms with Crippen LogP contribution < -0.4 is 15.6 Å². The molecule has 0 radical (unpaired) electrons. The summed E-state index contributed by atoms with van der Waals surface area (Å²) in [5.41, 5.74) is 6.94. The van der Waals surface area contributed by atoms with Gasteiger partial charge in [0.2, 0.25) is 25.9 Å². The molecule has 0 unspecified atom stereocenters. The first kappa shape index (κ1) is 20.9. The number of fused-ring (bicyclic) bond motifs is 1. The largest absolute Gasteiger partial charge is 0.329 e. The molecule has 2 heterocycles. The minimum atomic E-state index is -4.58. The van der Waals surface area contributed by atoms with Crippen LogP contribution in [0, 0.1) is 0 Å². The monoisotopic (exact) mass is 464 g/mol. The lowest BCUT2D eigenvalue weighted by atomic mass is 9.98.